The maximum atomic E-state index is 12.8. The SMILES string of the molecule is CN(Cc1ccc(F)cc1)C(=O)c1ccc(N)nn1. The van der Waals surface area contributed by atoms with Gasteiger partial charge >= 0.3 is 0 Å². The first kappa shape index (κ1) is 12.9. The van der Waals surface area contributed by atoms with E-state index in [9.17, 15) is 9.18 Å². The van der Waals surface area contributed by atoms with E-state index in [4.69, 9.17) is 5.73 Å². The minimum Gasteiger partial charge on any atom is -0.382 e. The van der Waals surface area contributed by atoms with Crippen LogP contribution in [0.2, 0.25) is 0 Å². The lowest BCUT2D eigenvalue weighted by Gasteiger charge is -2.16. The Labute approximate surface area is 109 Å². The van der Waals surface area contributed by atoms with E-state index in [1.165, 1.54) is 29.2 Å². The van der Waals surface area contributed by atoms with Crippen LogP contribution in [0.5, 0.6) is 0 Å². The van der Waals surface area contributed by atoms with Crippen molar-refractivity contribution in [3.63, 3.8) is 0 Å². The Kier molecular flexibility index (Phi) is 3.70. The number of nitrogens with zero attached hydrogens (tertiary/aromatic N) is 3. The number of amides is 1. The molecule has 0 radical (unpaired) electrons. The van der Waals surface area contributed by atoms with Gasteiger partial charge in [0.05, 0.1) is 0 Å². The van der Waals surface area contributed by atoms with Crippen LogP contribution < -0.4 is 5.73 Å². The average molecular weight is 260 g/mol. The number of benzene rings is 1. The quantitative estimate of drug-likeness (QED) is 0.907. The highest BCUT2D eigenvalue weighted by atomic mass is 19.1. The highest BCUT2D eigenvalue weighted by molar-refractivity contribution is 5.92. The Morgan fingerprint density at radius 2 is 1.89 bits per heavy atom. The molecule has 1 aromatic carbocycles. The van der Waals surface area contributed by atoms with Crippen molar-refractivity contribution in [1.82, 2.24) is 15.1 Å². The number of rotatable bonds is 3. The molecule has 0 saturated carbocycles. The molecule has 2 rings (SSSR count). The van der Waals surface area contributed by atoms with Crippen LogP contribution in [0, 0.1) is 5.82 Å². The first-order chi connectivity index (χ1) is 9.06. The molecule has 0 atom stereocenters. The largest absolute Gasteiger partial charge is 0.382 e. The van der Waals surface area contributed by atoms with Crippen LogP contribution in [0.3, 0.4) is 0 Å². The smallest absolute Gasteiger partial charge is 0.274 e. The fraction of sp³-hybridized carbons (Fsp3) is 0.154. The number of halogens is 1. The van der Waals surface area contributed by atoms with Crippen LogP contribution in [-0.2, 0) is 6.54 Å². The molecule has 19 heavy (non-hydrogen) atoms. The Bertz CT molecular complexity index is 568. The van der Waals surface area contributed by atoms with Gasteiger partial charge in [-0.15, -0.1) is 10.2 Å². The highest BCUT2D eigenvalue weighted by Gasteiger charge is 2.13. The van der Waals surface area contributed by atoms with Gasteiger partial charge in [-0.2, -0.15) is 0 Å². The van der Waals surface area contributed by atoms with Gasteiger partial charge in [-0.1, -0.05) is 12.1 Å². The van der Waals surface area contributed by atoms with Gasteiger partial charge in [0.2, 0.25) is 0 Å². The van der Waals surface area contributed by atoms with Crippen LogP contribution >= 0.6 is 0 Å². The van der Waals surface area contributed by atoms with E-state index >= 15 is 0 Å². The summed E-state index contributed by atoms with van der Waals surface area (Å²) in [5.74, 6) is -0.309. The first-order valence-corrected chi connectivity index (χ1v) is 5.65. The van der Waals surface area contributed by atoms with E-state index in [1.807, 2.05) is 0 Å². The average Bonchev–Trinajstić information content (AvgIpc) is 2.41. The second-order valence-corrected chi connectivity index (χ2v) is 4.13. The molecule has 0 saturated heterocycles. The van der Waals surface area contributed by atoms with Crippen LogP contribution in [-0.4, -0.2) is 28.1 Å². The molecule has 0 aliphatic rings. The van der Waals surface area contributed by atoms with Gasteiger partial charge in [-0.25, -0.2) is 4.39 Å². The summed E-state index contributed by atoms with van der Waals surface area (Å²) >= 11 is 0. The van der Waals surface area contributed by atoms with E-state index in [0.29, 0.717) is 6.54 Å². The molecule has 2 aromatic rings. The number of hydrogen-bond donors (Lipinski definition) is 1. The van der Waals surface area contributed by atoms with Gasteiger partial charge in [-0.3, -0.25) is 4.79 Å². The second kappa shape index (κ2) is 5.43. The maximum Gasteiger partial charge on any atom is 0.274 e. The van der Waals surface area contributed by atoms with Crippen LogP contribution in [0.25, 0.3) is 0 Å². The van der Waals surface area contributed by atoms with Crippen molar-refractivity contribution in [2.45, 2.75) is 6.54 Å². The molecule has 6 heteroatoms. The predicted molar refractivity (Wildman–Crippen MR) is 68.6 cm³/mol. The number of carbonyl (C=O) groups excluding carboxylic acids is 1. The van der Waals surface area contributed by atoms with E-state index < -0.39 is 0 Å². The van der Waals surface area contributed by atoms with Crippen molar-refractivity contribution in [1.29, 1.82) is 0 Å². The van der Waals surface area contributed by atoms with Crippen molar-refractivity contribution >= 4 is 11.7 Å². The first-order valence-electron chi connectivity index (χ1n) is 5.65. The van der Waals surface area contributed by atoms with Gasteiger partial charge in [0.1, 0.15) is 11.6 Å². The van der Waals surface area contributed by atoms with E-state index in [2.05, 4.69) is 10.2 Å². The molecular formula is C13H13FN4O. The zero-order valence-corrected chi connectivity index (χ0v) is 10.4. The fourth-order valence-corrected chi connectivity index (χ4v) is 1.59. The Balaban J connectivity index is 2.07. The van der Waals surface area contributed by atoms with Gasteiger partial charge < -0.3 is 10.6 Å². The van der Waals surface area contributed by atoms with Crippen LogP contribution in [0.4, 0.5) is 10.2 Å². The van der Waals surface area contributed by atoms with Crippen molar-refractivity contribution in [2.24, 2.45) is 0 Å². The molecule has 1 amide bonds. The molecule has 0 aliphatic heterocycles. The van der Waals surface area contributed by atoms with Crippen molar-refractivity contribution in [2.75, 3.05) is 12.8 Å². The predicted octanol–water partition coefficient (Wildman–Crippen LogP) is 1.47. The lowest BCUT2D eigenvalue weighted by Crippen LogP contribution is -2.27. The molecule has 5 nitrogen and oxygen atoms in total. The van der Waals surface area contributed by atoms with Gasteiger partial charge in [0, 0.05) is 13.6 Å². The van der Waals surface area contributed by atoms with Crippen LogP contribution in [0.1, 0.15) is 16.1 Å². The summed E-state index contributed by atoms with van der Waals surface area (Å²) in [4.78, 5) is 13.5. The minimum absolute atomic E-state index is 0.221. The zero-order chi connectivity index (χ0) is 13.8. The fourth-order valence-electron chi connectivity index (χ4n) is 1.59. The Morgan fingerprint density at radius 3 is 2.47 bits per heavy atom. The molecule has 2 N–H and O–H groups in total. The summed E-state index contributed by atoms with van der Waals surface area (Å²) < 4.78 is 12.8. The molecule has 0 aliphatic carbocycles. The summed E-state index contributed by atoms with van der Waals surface area (Å²) in [6.45, 7) is 0.366. The zero-order valence-electron chi connectivity index (χ0n) is 10.4. The molecule has 0 fully saturated rings. The van der Waals surface area contributed by atoms with Gasteiger partial charge in [-0.05, 0) is 29.8 Å². The molecule has 1 aromatic heterocycles. The van der Waals surface area contributed by atoms with Crippen LogP contribution in [0.15, 0.2) is 36.4 Å². The third kappa shape index (κ3) is 3.25. The second-order valence-electron chi connectivity index (χ2n) is 4.13. The summed E-state index contributed by atoms with van der Waals surface area (Å²) in [5.41, 5.74) is 6.46. The Hall–Kier alpha value is -2.50. The Morgan fingerprint density at radius 1 is 1.21 bits per heavy atom. The van der Waals surface area contributed by atoms with Crippen molar-refractivity contribution in [3.8, 4) is 0 Å². The number of nitrogen functional groups attached to an aromatic ring is 1. The molecule has 98 valence electrons. The topological polar surface area (TPSA) is 72.1 Å². The number of aromatic nitrogens is 2. The van der Waals surface area contributed by atoms with E-state index in [0.717, 1.165) is 5.56 Å². The monoisotopic (exact) mass is 260 g/mol. The lowest BCUT2D eigenvalue weighted by molar-refractivity contribution is 0.0778. The molecule has 0 bridgehead atoms. The van der Waals surface area contributed by atoms with Gasteiger partial charge in [0.15, 0.2) is 5.69 Å². The maximum absolute atomic E-state index is 12.8. The highest BCUT2D eigenvalue weighted by Crippen LogP contribution is 2.08. The minimum atomic E-state index is -0.304. The summed E-state index contributed by atoms with van der Waals surface area (Å²) in [7, 11) is 1.64. The number of anilines is 1. The normalized spacial score (nSPS) is 10.2. The third-order valence-corrected chi connectivity index (χ3v) is 2.58. The standard InChI is InChI=1S/C13H13FN4O/c1-18(8-9-2-4-10(14)5-3-9)13(19)11-6-7-12(15)17-16-11/h2-7H,8H2,1H3,(H2,15,17). The third-order valence-electron chi connectivity index (χ3n) is 2.58. The molecular weight excluding hydrogens is 247 g/mol. The summed E-state index contributed by atoms with van der Waals surface area (Å²) in [6.07, 6.45) is 0. The van der Waals surface area contributed by atoms with E-state index in [1.54, 1.807) is 19.2 Å². The van der Waals surface area contributed by atoms with Crippen molar-refractivity contribution in [3.05, 3.63) is 53.5 Å². The number of hydrogen-bond acceptors (Lipinski definition) is 4. The van der Waals surface area contributed by atoms with Crippen molar-refractivity contribution < 1.29 is 9.18 Å². The lowest BCUT2D eigenvalue weighted by atomic mass is 10.2. The summed E-state index contributed by atoms with van der Waals surface area (Å²) in [6, 6.07) is 9.02. The summed E-state index contributed by atoms with van der Waals surface area (Å²) in [5, 5.41) is 7.36. The number of nitrogens with two attached hydrogens (primary N) is 1. The molecule has 0 unspecified atom stereocenters. The molecule has 0 spiro atoms. The molecule has 1 heterocycles. The van der Waals surface area contributed by atoms with Gasteiger partial charge in [0.25, 0.3) is 5.91 Å². The van der Waals surface area contributed by atoms with E-state index in [-0.39, 0.29) is 23.2 Å². The number of carbonyl (C=O) groups is 1.